The van der Waals surface area contributed by atoms with Crippen molar-refractivity contribution in [2.75, 3.05) is 44.2 Å². The number of alkyl halides is 3. The maximum atomic E-state index is 13.1. The first-order valence-electron chi connectivity index (χ1n) is 11.3. The summed E-state index contributed by atoms with van der Waals surface area (Å²) in [6.45, 7) is 2.69. The Bertz CT molecular complexity index is 936. The van der Waals surface area contributed by atoms with Gasteiger partial charge < -0.3 is 25.2 Å². The third-order valence-corrected chi connectivity index (χ3v) is 6.50. The first kappa shape index (κ1) is 24.9. The predicted molar refractivity (Wildman–Crippen MR) is 119 cm³/mol. The van der Waals surface area contributed by atoms with Crippen LogP contribution in [0.25, 0.3) is 0 Å². The van der Waals surface area contributed by atoms with E-state index < -0.39 is 23.9 Å². The maximum absolute atomic E-state index is 13.1. The topological polar surface area (TPSA) is 68.2 Å². The highest BCUT2D eigenvalue weighted by molar-refractivity contribution is 5.49. The van der Waals surface area contributed by atoms with Gasteiger partial charge in [0.2, 0.25) is 0 Å². The molecule has 0 saturated carbocycles. The van der Waals surface area contributed by atoms with Gasteiger partial charge in [-0.05, 0) is 35.9 Å². The van der Waals surface area contributed by atoms with Gasteiger partial charge in [0.1, 0.15) is 18.0 Å². The van der Waals surface area contributed by atoms with Crippen molar-refractivity contribution in [1.29, 1.82) is 0 Å². The van der Waals surface area contributed by atoms with Gasteiger partial charge in [-0.2, -0.15) is 13.2 Å². The van der Waals surface area contributed by atoms with Crippen LogP contribution >= 0.6 is 0 Å². The van der Waals surface area contributed by atoms with Crippen LogP contribution in [0.4, 0.5) is 23.2 Å². The summed E-state index contributed by atoms with van der Waals surface area (Å²) < 4.78 is 58.2. The summed E-state index contributed by atoms with van der Waals surface area (Å²) in [5.74, 6) is -0.305. The lowest BCUT2D eigenvalue weighted by atomic mass is 10.0. The van der Waals surface area contributed by atoms with Crippen LogP contribution in [0.2, 0.25) is 0 Å². The molecule has 4 unspecified atom stereocenters. The van der Waals surface area contributed by atoms with Gasteiger partial charge in [-0.3, -0.25) is 4.90 Å². The maximum Gasteiger partial charge on any atom is 0.416 e. The zero-order valence-corrected chi connectivity index (χ0v) is 18.6. The van der Waals surface area contributed by atoms with Gasteiger partial charge in [-0.1, -0.05) is 18.2 Å². The summed E-state index contributed by atoms with van der Waals surface area (Å²) in [4.78, 5) is 3.98. The number of halogens is 4. The summed E-state index contributed by atoms with van der Waals surface area (Å²) in [6, 6.07) is 11.1. The Kier molecular flexibility index (Phi) is 7.73. The van der Waals surface area contributed by atoms with Gasteiger partial charge in [0, 0.05) is 45.0 Å². The Morgan fingerprint density at radius 2 is 1.71 bits per heavy atom. The lowest BCUT2D eigenvalue weighted by Crippen LogP contribution is -2.57. The van der Waals surface area contributed by atoms with Gasteiger partial charge in [0.05, 0.1) is 24.3 Å². The Morgan fingerprint density at radius 3 is 2.35 bits per heavy atom. The molecule has 10 heteroatoms. The fourth-order valence-corrected chi connectivity index (χ4v) is 4.71. The number of aliphatic hydroxyl groups is 2. The molecule has 186 valence electrons. The van der Waals surface area contributed by atoms with E-state index in [0.717, 1.165) is 17.7 Å². The van der Waals surface area contributed by atoms with E-state index in [0.29, 0.717) is 45.0 Å². The third kappa shape index (κ3) is 5.69. The molecule has 6 nitrogen and oxygen atoms in total. The molecule has 0 aliphatic carbocycles. The fraction of sp³-hybridized carbons (Fsp3) is 0.500. The fourth-order valence-electron chi connectivity index (χ4n) is 4.71. The minimum atomic E-state index is -4.39. The molecule has 0 radical (unpaired) electrons. The van der Waals surface area contributed by atoms with Crippen LogP contribution in [-0.4, -0.2) is 78.8 Å². The Morgan fingerprint density at radius 1 is 1.00 bits per heavy atom. The average Bonchev–Trinajstić information content (AvgIpc) is 3.15. The molecule has 2 heterocycles. The number of rotatable bonds is 7. The molecule has 2 aromatic carbocycles. The smallest absolute Gasteiger partial charge is 0.394 e. The Balaban J connectivity index is 1.37. The predicted octanol–water partition coefficient (Wildman–Crippen LogP) is 2.25. The van der Waals surface area contributed by atoms with Crippen molar-refractivity contribution >= 4 is 5.69 Å². The third-order valence-electron chi connectivity index (χ3n) is 6.50. The van der Waals surface area contributed by atoms with Crippen molar-refractivity contribution in [3.05, 3.63) is 65.5 Å². The van der Waals surface area contributed by atoms with Crippen LogP contribution in [0, 0.1) is 5.82 Å². The lowest BCUT2D eigenvalue weighted by Gasteiger charge is -2.41. The zero-order valence-electron chi connectivity index (χ0n) is 18.6. The average molecular weight is 484 g/mol. The molecule has 3 N–H and O–H groups in total. The van der Waals surface area contributed by atoms with E-state index in [1.165, 1.54) is 18.2 Å². The molecule has 2 aliphatic heterocycles. The SMILES string of the molecule is OCC1OC(CNCc2ccc(F)cc2)C(N2CCN(c3cccc(C(F)(F)F)c3)CC2)C1O. The summed E-state index contributed by atoms with van der Waals surface area (Å²) in [7, 11) is 0. The van der Waals surface area contributed by atoms with Crippen molar-refractivity contribution in [3.63, 3.8) is 0 Å². The van der Waals surface area contributed by atoms with Crippen LogP contribution in [0.1, 0.15) is 11.1 Å². The van der Waals surface area contributed by atoms with Gasteiger partial charge in [0.15, 0.2) is 0 Å². The number of nitrogens with one attached hydrogen (secondary N) is 1. The second-order valence-electron chi connectivity index (χ2n) is 8.71. The first-order valence-corrected chi connectivity index (χ1v) is 11.3. The summed E-state index contributed by atoms with van der Waals surface area (Å²) in [5, 5.41) is 23.7. The van der Waals surface area contributed by atoms with E-state index >= 15 is 0 Å². The van der Waals surface area contributed by atoms with Crippen molar-refractivity contribution in [1.82, 2.24) is 10.2 Å². The lowest BCUT2D eigenvalue weighted by molar-refractivity contribution is -0.137. The molecule has 0 spiro atoms. The molecule has 34 heavy (non-hydrogen) atoms. The Labute approximate surface area is 195 Å². The molecule has 4 atom stereocenters. The van der Waals surface area contributed by atoms with Gasteiger partial charge in [0.25, 0.3) is 0 Å². The van der Waals surface area contributed by atoms with E-state index in [9.17, 15) is 27.8 Å². The van der Waals surface area contributed by atoms with Crippen LogP contribution in [0.5, 0.6) is 0 Å². The van der Waals surface area contributed by atoms with E-state index in [4.69, 9.17) is 4.74 Å². The monoisotopic (exact) mass is 483 g/mol. The first-order chi connectivity index (χ1) is 16.3. The van der Waals surface area contributed by atoms with E-state index in [1.54, 1.807) is 18.2 Å². The van der Waals surface area contributed by atoms with Crippen LogP contribution in [-0.2, 0) is 17.5 Å². The molecule has 2 aromatic rings. The number of ether oxygens (including phenoxy) is 1. The molecule has 4 rings (SSSR count). The quantitative estimate of drug-likeness (QED) is 0.525. The molecule has 0 bridgehead atoms. The highest BCUT2D eigenvalue weighted by Crippen LogP contribution is 2.32. The number of hydrogen-bond acceptors (Lipinski definition) is 6. The molecular weight excluding hydrogens is 454 g/mol. The second-order valence-corrected chi connectivity index (χ2v) is 8.71. The van der Waals surface area contributed by atoms with Crippen molar-refractivity contribution in [3.8, 4) is 0 Å². The molecule has 2 fully saturated rings. The number of anilines is 1. The van der Waals surface area contributed by atoms with Gasteiger partial charge in [-0.15, -0.1) is 0 Å². The van der Waals surface area contributed by atoms with E-state index in [1.807, 2.05) is 4.90 Å². The molecule has 0 aromatic heterocycles. The number of hydrogen-bond donors (Lipinski definition) is 3. The van der Waals surface area contributed by atoms with Crippen molar-refractivity contribution in [2.45, 2.75) is 37.1 Å². The number of benzene rings is 2. The molecule has 2 saturated heterocycles. The van der Waals surface area contributed by atoms with Gasteiger partial charge >= 0.3 is 6.18 Å². The highest BCUT2D eigenvalue weighted by Gasteiger charge is 2.46. The van der Waals surface area contributed by atoms with Crippen LogP contribution in [0.15, 0.2) is 48.5 Å². The largest absolute Gasteiger partial charge is 0.416 e. The number of piperazine rings is 1. The second kappa shape index (κ2) is 10.6. The van der Waals surface area contributed by atoms with Crippen LogP contribution < -0.4 is 10.2 Å². The number of nitrogens with zero attached hydrogens (tertiary/aromatic N) is 2. The molecule has 0 amide bonds. The van der Waals surface area contributed by atoms with E-state index in [2.05, 4.69) is 10.2 Å². The normalized spacial score (nSPS) is 26.2. The summed E-state index contributed by atoms with van der Waals surface area (Å²) in [6.07, 6.45) is -6.36. The molecular formula is C24H29F4N3O3. The minimum absolute atomic E-state index is 0.305. The Hall–Kier alpha value is -2.24. The van der Waals surface area contributed by atoms with Crippen molar-refractivity contribution in [2.24, 2.45) is 0 Å². The standard InChI is InChI=1S/C24H29F4N3O3/c25-18-6-4-16(5-7-18)13-29-14-20-22(23(33)21(15-32)34-20)31-10-8-30(9-11-31)19-3-1-2-17(12-19)24(26,27)28/h1-7,12,20-23,29,32-33H,8-11,13-15H2. The molecule has 2 aliphatic rings. The van der Waals surface area contributed by atoms with Gasteiger partial charge in [-0.25, -0.2) is 4.39 Å². The zero-order chi connectivity index (χ0) is 24.3. The van der Waals surface area contributed by atoms with Crippen molar-refractivity contribution < 1.29 is 32.5 Å². The number of aliphatic hydroxyl groups excluding tert-OH is 2. The minimum Gasteiger partial charge on any atom is -0.394 e. The summed E-state index contributed by atoms with van der Waals surface area (Å²) in [5.41, 5.74) is 0.749. The summed E-state index contributed by atoms with van der Waals surface area (Å²) >= 11 is 0. The van der Waals surface area contributed by atoms with Crippen LogP contribution in [0.3, 0.4) is 0 Å². The van der Waals surface area contributed by atoms with E-state index in [-0.39, 0.29) is 24.6 Å². The highest BCUT2D eigenvalue weighted by atomic mass is 19.4.